The number of hydrogen-bond donors (Lipinski definition) is 0. The van der Waals surface area contributed by atoms with Crippen LogP contribution in [0.3, 0.4) is 0 Å². The van der Waals surface area contributed by atoms with E-state index in [0.29, 0.717) is 5.56 Å². The van der Waals surface area contributed by atoms with E-state index in [-0.39, 0.29) is 22.9 Å². The van der Waals surface area contributed by atoms with Gasteiger partial charge in [-0.15, -0.1) is 0 Å². The number of hydrazone groups is 1. The van der Waals surface area contributed by atoms with Gasteiger partial charge in [-0.05, 0) is 12.1 Å². The minimum Gasteiger partial charge on any atom is -0.495 e. The van der Waals surface area contributed by atoms with Crippen molar-refractivity contribution in [1.29, 1.82) is 0 Å². The largest absolute Gasteiger partial charge is 0.495 e. The number of allylic oxidation sites excluding steroid dienone is 1. The van der Waals surface area contributed by atoms with E-state index in [1.54, 1.807) is 42.5 Å². The van der Waals surface area contributed by atoms with Gasteiger partial charge in [-0.1, -0.05) is 36.4 Å². The summed E-state index contributed by atoms with van der Waals surface area (Å²) in [6, 6.07) is 10.6. The molecular weight excluding hydrogens is 428 g/mol. The smallest absolute Gasteiger partial charge is 0.271 e. The van der Waals surface area contributed by atoms with Crippen molar-refractivity contribution in [2.75, 3.05) is 12.0 Å². The molecule has 10 nitrogen and oxygen atoms in total. The number of anilines is 1. The summed E-state index contributed by atoms with van der Waals surface area (Å²) in [5.41, 5.74) is 0.0966. The van der Waals surface area contributed by atoms with Crippen LogP contribution in [0.15, 0.2) is 65.8 Å². The van der Waals surface area contributed by atoms with Gasteiger partial charge in [-0.25, -0.2) is 4.90 Å². The highest BCUT2D eigenvalue weighted by Gasteiger charge is 2.64. The highest BCUT2D eigenvalue weighted by Crippen LogP contribution is 2.48. The first kappa shape index (κ1) is 20.6. The third-order valence-electron chi connectivity index (χ3n) is 6.23. The van der Waals surface area contributed by atoms with Crippen LogP contribution in [0.5, 0.6) is 5.75 Å². The molecule has 0 aliphatic carbocycles. The lowest BCUT2D eigenvalue weighted by molar-refractivity contribution is -0.384. The summed E-state index contributed by atoms with van der Waals surface area (Å²) in [6.45, 7) is 0. The SMILES string of the molecule is COc1ccc([N+](=O)[O-])cc1N1C(=O)[C@@H]2[C@@H](C1=O)[C@@H]1C=CC=NN1[C@@H]2C(=O)c1ccccc1. The van der Waals surface area contributed by atoms with Crippen molar-refractivity contribution in [2.24, 2.45) is 16.9 Å². The van der Waals surface area contributed by atoms with Gasteiger partial charge in [0.15, 0.2) is 5.78 Å². The van der Waals surface area contributed by atoms with Crippen LogP contribution in [0.25, 0.3) is 0 Å². The van der Waals surface area contributed by atoms with Crippen LogP contribution in [0.4, 0.5) is 11.4 Å². The number of hydrogen-bond acceptors (Lipinski definition) is 8. The van der Waals surface area contributed by atoms with E-state index in [1.807, 2.05) is 0 Å². The Labute approximate surface area is 187 Å². The Balaban J connectivity index is 1.61. The molecule has 0 N–H and O–H groups in total. The highest BCUT2D eigenvalue weighted by molar-refractivity contribution is 6.25. The van der Waals surface area contributed by atoms with Crippen molar-refractivity contribution < 1.29 is 24.0 Å². The summed E-state index contributed by atoms with van der Waals surface area (Å²) in [5.74, 6) is -3.22. The van der Waals surface area contributed by atoms with Crippen LogP contribution < -0.4 is 9.64 Å². The predicted octanol–water partition coefficient (Wildman–Crippen LogP) is 2.20. The second-order valence-electron chi connectivity index (χ2n) is 7.87. The fourth-order valence-corrected chi connectivity index (χ4v) is 4.81. The van der Waals surface area contributed by atoms with Crippen molar-refractivity contribution in [2.45, 2.75) is 12.1 Å². The number of methoxy groups -OCH3 is 1. The third kappa shape index (κ3) is 3.02. The predicted molar refractivity (Wildman–Crippen MR) is 117 cm³/mol. The molecule has 5 rings (SSSR count). The molecule has 0 aromatic heterocycles. The maximum Gasteiger partial charge on any atom is 0.271 e. The third-order valence-corrected chi connectivity index (χ3v) is 6.23. The fourth-order valence-electron chi connectivity index (χ4n) is 4.81. The Morgan fingerprint density at radius 1 is 1.09 bits per heavy atom. The van der Waals surface area contributed by atoms with Gasteiger partial charge in [0.2, 0.25) is 11.8 Å². The molecule has 0 radical (unpaired) electrons. The maximum atomic E-state index is 13.7. The summed E-state index contributed by atoms with van der Waals surface area (Å²) in [4.78, 5) is 52.3. The Kier molecular flexibility index (Phi) is 4.77. The Hall–Kier alpha value is -4.34. The van der Waals surface area contributed by atoms with Crippen LogP contribution in [0.2, 0.25) is 0 Å². The molecule has 33 heavy (non-hydrogen) atoms. The molecule has 3 aliphatic heterocycles. The molecule has 0 bridgehead atoms. The molecule has 10 heteroatoms. The number of amides is 2. The summed E-state index contributed by atoms with van der Waals surface area (Å²) >= 11 is 0. The summed E-state index contributed by atoms with van der Waals surface area (Å²) < 4.78 is 5.28. The molecule has 0 saturated carbocycles. The van der Waals surface area contributed by atoms with Gasteiger partial charge in [-0.2, -0.15) is 5.10 Å². The van der Waals surface area contributed by atoms with Gasteiger partial charge in [0.25, 0.3) is 5.69 Å². The van der Waals surface area contributed by atoms with Crippen LogP contribution >= 0.6 is 0 Å². The van der Waals surface area contributed by atoms with Gasteiger partial charge in [0, 0.05) is 23.9 Å². The lowest BCUT2D eigenvalue weighted by atomic mass is 9.86. The van der Waals surface area contributed by atoms with E-state index < -0.39 is 40.7 Å². The van der Waals surface area contributed by atoms with Crippen molar-refractivity contribution in [1.82, 2.24) is 5.01 Å². The molecule has 3 heterocycles. The number of nitrogens with zero attached hydrogens (tertiary/aromatic N) is 4. The van der Waals surface area contributed by atoms with E-state index >= 15 is 0 Å². The molecular formula is C23H18N4O6. The van der Waals surface area contributed by atoms with E-state index in [1.165, 1.54) is 30.5 Å². The Morgan fingerprint density at radius 2 is 1.82 bits per heavy atom. The first-order chi connectivity index (χ1) is 15.9. The van der Waals surface area contributed by atoms with Crippen molar-refractivity contribution in [3.63, 3.8) is 0 Å². The van der Waals surface area contributed by atoms with E-state index in [2.05, 4.69) is 5.10 Å². The lowest BCUT2D eigenvalue weighted by Gasteiger charge is -2.30. The zero-order valence-electron chi connectivity index (χ0n) is 17.4. The number of ketones is 1. The molecule has 2 aromatic carbocycles. The monoisotopic (exact) mass is 446 g/mol. The standard InChI is InChI=1S/C23H18N4O6/c1-33-17-10-9-14(27(31)32)12-16(17)25-22(29)18-15-8-5-11-24-26(15)20(19(18)23(25)30)21(28)13-6-3-2-4-7-13/h2-12,15,18-20H,1H3/t15-,18-,19+,20-/m0/s1. The highest BCUT2D eigenvalue weighted by atomic mass is 16.6. The zero-order chi connectivity index (χ0) is 23.3. The minimum absolute atomic E-state index is 0.0168. The number of non-ortho nitro benzene ring substituents is 1. The number of benzene rings is 2. The van der Waals surface area contributed by atoms with Crippen LogP contribution in [-0.4, -0.2) is 52.9 Å². The molecule has 2 aromatic rings. The molecule has 0 unspecified atom stereocenters. The van der Waals surface area contributed by atoms with E-state index in [0.717, 1.165) is 11.0 Å². The number of nitro groups is 1. The average Bonchev–Trinajstić information content (AvgIpc) is 3.31. The summed E-state index contributed by atoms with van der Waals surface area (Å²) in [6.07, 6.45) is 4.92. The minimum atomic E-state index is -1.00. The lowest BCUT2D eigenvalue weighted by Crippen LogP contribution is -2.46. The number of Topliss-reactive ketones (excluding diaryl/α,β-unsaturated/α-hetero) is 1. The summed E-state index contributed by atoms with van der Waals surface area (Å²) in [5, 5.41) is 17.1. The first-order valence-electron chi connectivity index (χ1n) is 10.2. The quantitative estimate of drug-likeness (QED) is 0.299. The molecule has 0 spiro atoms. The molecule has 2 amide bonds. The Bertz CT molecular complexity index is 1240. The van der Waals surface area contributed by atoms with E-state index in [4.69, 9.17) is 4.74 Å². The molecule has 166 valence electrons. The van der Waals surface area contributed by atoms with Crippen LogP contribution in [0.1, 0.15) is 10.4 Å². The van der Waals surface area contributed by atoms with Gasteiger partial charge >= 0.3 is 0 Å². The van der Waals surface area contributed by atoms with Crippen LogP contribution in [-0.2, 0) is 9.59 Å². The van der Waals surface area contributed by atoms with Gasteiger partial charge in [0.05, 0.1) is 29.9 Å². The molecule has 2 fully saturated rings. The zero-order valence-corrected chi connectivity index (χ0v) is 17.4. The number of carbonyl (C=O) groups is 3. The second kappa shape index (κ2) is 7.66. The Morgan fingerprint density at radius 3 is 2.52 bits per heavy atom. The molecule has 4 atom stereocenters. The van der Waals surface area contributed by atoms with E-state index in [9.17, 15) is 24.5 Å². The maximum absolute atomic E-state index is 13.7. The number of carbonyl (C=O) groups excluding carboxylic acids is 3. The van der Waals surface area contributed by atoms with Crippen LogP contribution in [0, 0.1) is 22.0 Å². The van der Waals surface area contributed by atoms with Crippen molar-refractivity contribution in [3.05, 3.63) is 76.4 Å². The number of fused-ring (bicyclic) bond motifs is 3. The normalized spacial score (nSPS) is 25.2. The van der Waals surface area contributed by atoms with Crippen molar-refractivity contribution in [3.8, 4) is 5.75 Å². The number of nitro benzene ring substituents is 1. The number of ether oxygens (including phenoxy) is 1. The molecule has 2 saturated heterocycles. The van der Waals surface area contributed by atoms with Gasteiger partial charge < -0.3 is 4.74 Å². The molecule has 3 aliphatic rings. The first-order valence-corrected chi connectivity index (χ1v) is 10.2. The fraction of sp³-hybridized carbons (Fsp3) is 0.217. The number of rotatable bonds is 5. The van der Waals surface area contributed by atoms with Crippen molar-refractivity contribution >= 4 is 35.2 Å². The number of imide groups is 1. The van der Waals surface area contributed by atoms with Gasteiger partial charge in [-0.3, -0.25) is 29.5 Å². The topological polar surface area (TPSA) is 122 Å². The summed E-state index contributed by atoms with van der Waals surface area (Å²) in [7, 11) is 1.35. The second-order valence-corrected chi connectivity index (χ2v) is 7.87. The van der Waals surface area contributed by atoms with Gasteiger partial charge in [0.1, 0.15) is 17.5 Å². The average molecular weight is 446 g/mol.